The topological polar surface area (TPSA) is 38.7 Å². The molecule has 0 bridgehead atoms. The van der Waals surface area contributed by atoms with E-state index in [0.29, 0.717) is 28.6 Å². The van der Waals surface area contributed by atoms with Crippen molar-refractivity contribution in [2.75, 3.05) is 0 Å². The van der Waals surface area contributed by atoms with Crippen molar-refractivity contribution in [2.45, 2.75) is 37.4 Å². The van der Waals surface area contributed by atoms with Gasteiger partial charge in [-0.05, 0) is 69.4 Å². The molecule has 7 aromatic rings. The molecule has 48 heavy (non-hydrogen) atoms. The first kappa shape index (κ1) is 22.8. The summed E-state index contributed by atoms with van der Waals surface area (Å²) in [5.41, 5.74) is 7.19. The van der Waals surface area contributed by atoms with Gasteiger partial charge in [0.15, 0.2) is 17.5 Å². The zero-order valence-electron chi connectivity index (χ0n) is 32.2. The standard InChI is InChI=1S/C45H35N3/c1-4-15-31(16-5-1)42-46-43(32-17-6-2-7-18-32)48-44(47-42)39-23-9-8-21-36(39)35-20-14-19-33(29-35)34-25-26-38-37-22-10-11-24-40(37)45(41(38)30-34)27-12-3-13-28-45/h1-2,4-11,14-26,29-30H,3,12-13,27-28H2/i3D2,27D2,28D2. The van der Waals surface area contributed by atoms with Crippen molar-refractivity contribution < 1.29 is 8.22 Å². The fraction of sp³-hybridized carbons (Fsp3) is 0.133. The molecule has 1 heterocycles. The quantitative estimate of drug-likeness (QED) is 0.191. The van der Waals surface area contributed by atoms with Gasteiger partial charge in [0.2, 0.25) is 0 Å². The average molecular weight is 624 g/mol. The highest BCUT2D eigenvalue weighted by molar-refractivity contribution is 5.87. The van der Waals surface area contributed by atoms with E-state index >= 15 is 0 Å². The van der Waals surface area contributed by atoms with Crippen molar-refractivity contribution in [3.8, 4) is 67.5 Å². The number of fused-ring (bicyclic) bond motifs is 5. The Morgan fingerprint density at radius 2 is 0.917 bits per heavy atom. The van der Waals surface area contributed by atoms with Crippen molar-refractivity contribution in [1.82, 2.24) is 15.0 Å². The highest BCUT2D eigenvalue weighted by Gasteiger charge is 2.43. The summed E-state index contributed by atoms with van der Waals surface area (Å²) in [6.45, 7) is 0. The molecule has 0 N–H and O–H groups in total. The van der Waals surface area contributed by atoms with Crippen LogP contribution in [0, 0.1) is 0 Å². The van der Waals surface area contributed by atoms with Crippen molar-refractivity contribution in [1.29, 1.82) is 0 Å². The van der Waals surface area contributed by atoms with Crippen LogP contribution in [-0.2, 0) is 5.41 Å². The lowest BCUT2D eigenvalue weighted by atomic mass is 9.67. The third-order valence-electron chi connectivity index (χ3n) is 9.38. The van der Waals surface area contributed by atoms with Crippen molar-refractivity contribution in [3.05, 3.63) is 163 Å². The Balaban J connectivity index is 1.18. The minimum absolute atomic E-state index is 0.404. The Morgan fingerprint density at radius 3 is 1.62 bits per heavy atom. The second-order valence-electron chi connectivity index (χ2n) is 12.2. The summed E-state index contributed by atoms with van der Waals surface area (Å²) in [5.74, 6) is 1.70. The molecule has 1 fully saturated rings. The predicted octanol–water partition coefficient (Wildman–Crippen LogP) is 11.4. The van der Waals surface area contributed by atoms with Gasteiger partial charge in [-0.2, -0.15) is 0 Å². The van der Waals surface area contributed by atoms with Gasteiger partial charge in [-0.3, -0.25) is 0 Å². The summed E-state index contributed by atoms with van der Waals surface area (Å²) < 4.78 is 54.5. The largest absolute Gasteiger partial charge is 0.208 e. The van der Waals surface area contributed by atoms with Crippen LogP contribution in [0.1, 0.15) is 51.3 Å². The van der Waals surface area contributed by atoms with E-state index in [0.717, 1.165) is 50.1 Å². The summed E-state index contributed by atoms with van der Waals surface area (Å²) in [6, 6.07) is 49.3. The molecule has 2 aliphatic carbocycles. The van der Waals surface area contributed by atoms with Gasteiger partial charge in [-0.1, -0.05) is 159 Å². The van der Waals surface area contributed by atoms with Crippen LogP contribution in [0.5, 0.6) is 0 Å². The number of nitrogens with zero attached hydrogens (tertiary/aromatic N) is 3. The van der Waals surface area contributed by atoms with Gasteiger partial charge in [0, 0.05) is 30.3 Å². The van der Waals surface area contributed by atoms with E-state index in [-0.39, 0.29) is 0 Å². The van der Waals surface area contributed by atoms with Gasteiger partial charge >= 0.3 is 0 Å². The molecule has 0 amide bonds. The Bertz CT molecular complexity index is 2480. The first-order valence-corrected chi connectivity index (χ1v) is 16.3. The fourth-order valence-electron chi connectivity index (χ4n) is 7.08. The summed E-state index contributed by atoms with van der Waals surface area (Å²) in [7, 11) is 0. The van der Waals surface area contributed by atoms with Crippen LogP contribution in [0.15, 0.2) is 152 Å². The van der Waals surface area contributed by atoms with E-state index in [1.165, 1.54) is 0 Å². The van der Waals surface area contributed by atoms with E-state index < -0.39 is 37.4 Å². The molecule has 0 atom stereocenters. The molecule has 0 aliphatic heterocycles. The van der Waals surface area contributed by atoms with Gasteiger partial charge in [-0.25, -0.2) is 15.0 Å². The highest BCUT2D eigenvalue weighted by Crippen LogP contribution is 2.56. The minimum Gasteiger partial charge on any atom is -0.208 e. The maximum Gasteiger partial charge on any atom is 0.164 e. The smallest absolute Gasteiger partial charge is 0.164 e. The van der Waals surface area contributed by atoms with E-state index in [1.807, 2.05) is 140 Å². The van der Waals surface area contributed by atoms with Crippen molar-refractivity contribution >= 4 is 0 Å². The predicted molar refractivity (Wildman–Crippen MR) is 196 cm³/mol. The van der Waals surface area contributed by atoms with Crippen LogP contribution >= 0.6 is 0 Å². The third kappa shape index (κ3) is 4.86. The molecule has 1 saturated carbocycles. The lowest BCUT2D eigenvalue weighted by Gasteiger charge is -2.36. The molecule has 0 unspecified atom stereocenters. The molecule has 3 heteroatoms. The first-order valence-electron chi connectivity index (χ1n) is 19.3. The summed E-state index contributed by atoms with van der Waals surface area (Å²) in [6.07, 6.45) is -7.21. The molecule has 0 radical (unpaired) electrons. The summed E-state index contributed by atoms with van der Waals surface area (Å²) >= 11 is 0. The second kappa shape index (κ2) is 11.8. The molecule has 230 valence electrons. The SMILES string of the molecule is [2H]C1([2H])CC([2H])([2H])C2(c3ccccc3-c3ccc(-c4cccc(-c5ccccc5-c5nc(-c6ccccc6)nc(-c6ccccc6)n5)c4)cc32)C([2H])([2H])C1. The lowest BCUT2D eigenvalue weighted by Crippen LogP contribution is -2.28. The Hall–Kier alpha value is -5.67. The lowest BCUT2D eigenvalue weighted by molar-refractivity contribution is 0.353. The van der Waals surface area contributed by atoms with Crippen molar-refractivity contribution in [3.63, 3.8) is 0 Å². The monoisotopic (exact) mass is 623 g/mol. The molecule has 9 rings (SSSR count). The molecule has 6 aromatic carbocycles. The Labute approximate surface area is 290 Å². The van der Waals surface area contributed by atoms with Crippen LogP contribution in [0.25, 0.3) is 67.5 Å². The van der Waals surface area contributed by atoms with E-state index in [9.17, 15) is 5.48 Å². The van der Waals surface area contributed by atoms with E-state index in [2.05, 4.69) is 12.1 Å². The highest BCUT2D eigenvalue weighted by atomic mass is 15.0. The maximum atomic E-state index is 9.38. The maximum absolute atomic E-state index is 9.38. The van der Waals surface area contributed by atoms with Gasteiger partial charge < -0.3 is 0 Å². The van der Waals surface area contributed by atoms with Crippen LogP contribution in [0.3, 0.4) is 0 Å². The van der Waals surface area contributed by atoms with Gasteiger partial charge in [0.25, 0.3) is 0 Å². The van der Waals surface area contributed by atoms with Crippen LogP contribution in [0.4, 0.5) is 0 Å². The van der Waals surface area contributed by atoms with E-state index in [1.54, 1.807) is 0 Å². The zero-order valence-corrected chi connectivity index (χ0v) is 26.2. The zero-order chi connectivity index (χ0) is 37.3. The van der Waals surface area contributed by atoms with Crippen LogP contribution in [0.2, 0.25) is 0 Å². The molecule has 0 saturated heterocycles. The Morgan fingerprint density at radius 1 is 0.396 bits per heavy atom. The van der Waals surface area contributed by atoms with Gasteiger partial charge in [-0.15, -0.1) is 0 Å². The Kier molecular flexibility index (Phi) is 5.62. The molecule has 3 nitrogen and oxygen atoms in total. The molecule has 1 spiro atoms. The molecular weight excluding hydrogens is 583 g/mol. The number of rotatable bonds is 5. The number of aromatic nitrogens is 3. The second-order valence-corrected chi connectivity index (χ2v) is 12.2. The summed E-state index contributed by atoms with van der Waals surface area (Å²) in [4.78, 5) is 14.8. The third-order valence-corrected chi connectivity index (χ3v) is 9.38. The summed E-state index contributed by atoms with van der Waals surface area (Å²) in [5, 5.41) is 0. The molecule has 2 aliphatic rings. The normalized spacial score (nSPS) is 19.4. The fourth-order valence-corrected chi connectivity index (χ4v) is 7.08. The van der Waals surface area contributed by atoms with Gasteiger partial charge in [0.1, 0.15) is 0 Å². The number of hydrogen-bond acceptors (Lipinski definition) is 3. The van der Waals surface area contributed by atoms with Crippen LogP contribution < -0.4 is 0 Å². The average Bonchev–Trinajstić information content (AvgIpc) is 3.49. The van der Waals surface area contributed by atoms with E-state index in [4.69, 9.17) is 17.7 Å². The molecule has 1 aromatic heterocycles. The number of hydrogen-bond donors (Lipinski definition) is 0. The number of benzene rings is 6. The van der Waals surface area contributed by atoms with Crippen LogP contribution in [-0.4, -0.2) is 15.0 Å². The van der Waals surface area contributed by atoms with Gasteiger partial charge in [0.05, 0.1) is 0 Å². The van der Waals surface area contributed by atoms with Crippen molar-refractivity contribution in [2.24, 2.45) is 0 Å². The molecular formula is C45H35N3. The minimum atomic E-state index is -2.21. The first-order chi connectivity index (χ1) is 26.0.